The summed E-state index contributed by atoms with van der Waals surface area (Å²) < 4.78 is 23.0. The Hall–Kier alpha value is -2.14. The molecule has 0 bridgehead atoms. The molecule has 2 aromatic rings. The van der Waals surface area contributed by atoms with Crippen LogP contribution in [0, 0.1) is 0 Å². The van der Waals surface area contributed by atoms with E-state index in [0.29, 0.717) is 12.1 Å². The molecule has 0 N–H and O–H groups in total. The molecule has 0 saturated heterocycles. The van der Waals surface area contributed by atoms with Gasteiger partial charge in [0.25, 0.3) is 5.91 Å². The molecule has 5 heteroatoms. The zero-order chi connectivity index (χ0) is 17.0. The molecule has 23 heavy (non-hydrogen) atoms. The summed E-state index contributed by atoms with van der Waals surface area (Å²) in [5.41, 5.74) is 1.55. The number of hydrogen-bond donors (Lipinski definition) is 0. The van der Waals surface area contributed by atoms with Crippen LogP contribution in [0.15, 0.2) is 59.5 Å². The Morgan fingerprint density at radius 2 is 1.57 bits per heavy atom. The molecule has 0 fully saturated rings. The number of amides is 1. The van der Waals surface area contributed by atoms with Crippen molar-refractivity contribution in [1.82, 2.24) is 4.90 Å². The summed E-state index contributed by atoms with van der Waals surface area (Å²) in [7, 11) is -3.26. The van der Waals surface area contributed by atoms with E-state index in [0.717, 1.165) is 11.8 Å². The molecule has 2 rings (SSSR count). The van der Waals surface area contributed by atoms with Crippen LogP contribution in [0.25, 0.3) is 0 Å². The second-order valence-electron chi connectivity index (χ2n) is 5.81. The Labute approximate surface area is 137 Å². The van der Waals surface area contributed by atoms with Crippen LogP contribution in [0.1, 0.15) is 29.8 Å². The standard InChI is InChI=1S/C18H21NO3S/c1-14(2)19(13-15-7-5-4-6-8-15)18(20)16-9-11-17(12-10-16)23(3,21)22/h4-12,14H,13H2,1-3H3. The molecule has 0 atom stereocenters. The first-order chi connectivity index (χ1) is 10.8. The fraction of sp³-hybridized carbons (Fsp3) is 0.278. The predicted octanol–water partition coefficient (Wildman–Crippen LogP) is 3.14. The first-order valence-electron chi connectivity index (χ1n) is 7.44. The van der Waals surface area contributed by atoms with E-state index in [9.17, 15) is 13.2 Å². The summed E-state index contributed by atoms with van der Waals surface area (Å²) in [4.78, 5) is 14.7. The van der Waals surface area contributed by atoms with Crippen LogP contribution in [-0.4, -0.2) is 31.5 Å². The van der Waals surface area contributed by atoms with Gasteiger partial charge in [0.1, 0.15) is 0 Å². The van der Waals surface area contributed by atoms with Crippen LogP contribution in [0.3, 0.4) is 0 Å². The maximum absolute atomic E-state index is 12.7. The van der Waals surface area contributed by atoms with Crippen molar-refractivity contribution in [1.29, 1.82) is 0 Å². The topological polar surface area (TPSA) is 54.5 Å². The lowest BCUT2D eigenvalue weighted by Crippen LogP contribution is -2.36. The maximum atomic E-state index is 12.7. The molecule has 2 aromatic carbocycles. The van der Waals surface area contributed by atoms with Crippen LogP contribution in [0.5, 0.6) is 0 Å². The largest absolute Gasteiger partial charge is 0.332 e. The summed E-state index contributed by atoms with van der Waals surface area (Å²) >= 11 is 0. The average Bonchev–Trinajstić information content (AvgIpc) is 2.52. The molecule has 122 valence electrons. The summed E-state index contributed by atoms with van der Waals surface area (Å²) in [6.45, 7) is 4.45. The van der Waals surface area contributed by atoms with Crippen molar-refractivity contribution < 1.29 is 13.2 Å². The van der Waals surface area contributed by atoms with Crippen molar-refractivity contribution in [2.45, 2.75) is 31.3 Å². The van der Waals surface area contributed by atoms with Gasteiger partial charge in [0.05, 0.1) is 4.90 Å². The van der Waals surface area contributed by atoms with E-state index >= 15 is 0 Å². The van der Waals surface area contributed by atoms with Crippen molar-refractivity contribution in [2.75, 3.05) is 6.26 Å². The molecule has 0 radical (unpaired) electrons. The first-order valence-corrected chi connectivity index (χ1v) is 9.33. The zero-order valence-electron chi connectivity index (χ0n) is 13.6. The van der Waals surface area contributed by atoms with Crippen molar-refractivity contribution in [3.05, 3.63) is 65.7 Å². The molecule has 0 saturated carbocycles. The molecule has 0 heterocycles. The molecular formula is C18H21NO3S. The van der Waals surface area contributed by atoms with Crippen molar-refractivity contribution in [2.24, 2.45) is 0 Å². The Balaban J connectivity index is 2.24. The van der Waals surface area contributed by atoms with Gasteiger partial charge in [-0.1, -0.05) is 30.3 Å². The monoisotopic (exact) mass is 331 g/mol. The highest BCUT2D eigenvalue weighted by Gasteiger charge is 2.19. The minimum atomic E-state index is -3.26. The van der Waals surface area contributed by atoms with E-state index in [4.69, 9.17) is 0 Å². The molecular weight excluding hydrogens is 310 g/mol. The van der Waals surface area contributed by atoms with Gasteiger partial charge in [0.2, 0.25) is 0 Å². The maximum Gasteiger partial charge on any atom is 0.254 e. The van der Waals surface area contributed by atoms with Crippen LogP contribution < -0.4 is 0 Å². The van der Waals surface area contributed by atoms with Crippen molar-refractivity contribution in [3.8, 4) is 0 Å². The molecule has 0 aliphatic heterocycles. The Morgan fingerprint density at radius 3 is 2.04 bits per heavy atom. The first kappa shape index (κ1) is 17.2. The minimum Gasteiger partial charge on any atom is -0.332 e. The smallest absolute Gasteiger partial charge is 0.254 e. The van der Waals surface area contributed by atoms with Gasteiger partial charge in [-0.15, -0.1) is 0 Å². The molecule has 0 aliphatic carbocycles. The third-order valence-electron chi connectivity index (χ3n) is 3.61. The minimum absolute atomic E-state index is 0.0392. The van der Waals surface area contributed by atoms with Gasteiger partial charge < -0.3 is 4.90 Å². The summed E-state index contributed by atoms with van der Waals surface area (Å²) in [5.74, 6) is -0.107. The molecule has 0 unspecified atom stereocenters. The summed E-state index contributed by atoms with van der Waals surface area (Å²) in [5, 5.41) is 0. The number of sulfone groups is 1. The van der Waals surface area contributed by atoms with Gasteiger partial charge in [0.15, 0.2) is 9.84 Å². The molecule has 0 aliphatic rings. The SMILES string of the molecule is CC(C)N(Cc1ccccc1)C(=O)c1ccc(S(C)(=O)=O)cc1. The van der Waals surface area contributed by atoms with Crippen molar-refractivity contribution >= 4 is 15.7 Å². The molecule has 4 nitrogen and oxygen atoms in total. The summed E-state index contributed by atoms with van der Waals surface area (Å²) in [6, 6.07) is 15.9. The molecule has 1 amide bonds. The van der Waals surface area contributed by atoms with Crippen LogP contribution in [0.4, 0.5) is 0 Å². The highest BCUT2D eigenvalue weighted by Crippen LogP contribution is 2.16. The second kappa shape index (κ2) is 6.96. The normalized spacial score (nSPS) is 11.5. The zero-order valence-corrected chi connectivity index (χ0v) is 14.4. The fourth-order valence-electron chi connectivity index (χ4n) is 2.28. The Kier molecular flexibility index (Phi) is 5.21. The number of benzene rings is 2. The highest BCUT2D eigenvalue weighted by atomic mass is 32.2. The molecule has 0 spiro atoms. The Bertz CT molecular complexity index is 766. The lowest BCUT2D eigenvalue weighted by Gasteiger charge is -2.27. The second-order valence-corrected chi connectivity index (χ2v) is 7.82. The predicted molar refractivity (Wildman–Crippen MR) is 91.0 cm³/mol. The van der Waals surface area contributed by atoms with Gasteiger partial charge in [-0.2, -0.15) is 0 Å². The fourth-order valence-corrected chi connectivity index (χ4v) is 2.91. The van der Waals surface area contributed by atoms with Gasteiger partial charge in [-0.25, -0.2) is 8.42 Å². The average molecular weight is 331 g/mol. The van der Waals surface area contributed by atoms with Gasteiger partial charge in [0, 0.05) is 24.4 Å². The van der Waals surface area contributed by atoms with Gasteiger partial charge >= 0.3 is 0 Å². The summed E-state index contributed by atoms with van der Waals surface area (Å²) in [6.07, 6.45) is 1.15. The van der Waals surface area contributed by atoms with E-state index in [2.05, 4.69) is 0 Å². The Morgan fingerprint density at radius 1 is 1.00 bits per heavy atom. The van der Waals surface area contributed by atoms with Gasteiger partial charge in [-0.3, -0.25) is 4.79 Å². The van der Waals surface area contributed by atoms with Gasteiger partial charge in [-0.05, 0) is 43.7 Å². The number of rotatable bonds is 5. The van der Waals surface area contributed by atoms with Crippen molar-refractivity contribution in [3.63, 3.8) is 0 Å². The van der Waals surface area contributed by atoms with E-state index < -0.39 is 9.84 Å². The van der Waals surface area contributed by atoms with E-state index in [1.807, 2.05) is 44.2 Å². The molecule has 0 aromatic heterocycles. The third kappa shape index (κ3) is 4.42. The van der Waals surface area contributed by atoms with E-state index in [1.54, 1.807) is 17.0 Å². The number of hydrogen-bond acceptors (Lipinski definition) is 3. The van der Waals surface area contributed by atoms with E-state index in [-0.39, 0.29) is 16.8 Å². The van der Waals surface area contributed by atoms with Crippen LogP contribution >= 0.6 is 0 Å². The number of nitrogens with zero attached hydrogens (tertiary/aromatic N) is 1. The number of carbonyl (C=O) groups excluding carboxylic acids is 1. The van der Waals surface area contributed by atoms with Crippen LogP contribution in [0.2, 0.25) is 0 Å². The van der Waals surface area contributed by atoms with Crippen LogP contribution in [-0.2, 0) is 16.4 Å². The third-order valence-corrected chi connectivity index (χ3v) is 4.74. The number of carbonyl (C=O) groups is 1. The quantitative estimate of drug-likeness (QED) is 0.846. The van der Waals surface area contributed by atoms with E-state index in [1.165, 1.54) is 12.1 Å². The lowest BCUT2D eigenvalue weighted by atomic mass is 10.1. The highest BCUT2D eigenvalue weighted by molar-refractivity contribution is 7.90. The lowest BCUT2D eigenvalue weighted by molar-refractivity contribution is 0.0690.